The number of nitrogens with one attached hydrogen (secondary N) is 1. The summed E-state index contributed by atoms with van der Waals surface area (Å²) in [6, 6.07) is 17.9. The highest BCUT2D eigenvalue weighted by molar-refractivity contribution is 8.00. The summed E-state index contributed by atoms with van der Waals surface area (Å²) < 4.78 is 0. The molecule has 0 spiro atoms. The summed E-state index contributed by atoms with van der Waals surface area (Å²) in [5.41, 5.74) is 2.01. The second kappa shape index (κ2) is 8.12. The van der Waals surface area contributed by atoms with Crippen LogP contribution in [0.2, 0.25) is 0 Å². The molecule has 2 aromatic carbocycles. The van der Waals surface area contributed by atoms with E-state index in [1.54, 1.807) is 0 Å². The van der Waals surface area contributed by atoms with Gasteiger partial charge < -0.3 is 5.32 Å². The molecule has 0 bridgehead atoms. The number of carbonyl (C=O) groups excluding carboxylic acids is 1. The first-order valence-electron chi connectivity index (χ1n) is 8.39. The number of rotatable bonds is 6. The first-order chi connectivity index (χ1) is 12.2. The fourth-order valence-corrected chi connectivity index (χ4v) is 3.72. The molecule has 0 saturated heterocycles. The second-order valence-electron chi connectivity index (χ2n) is 5.81. The highest BCUT2D eigenvalue weighted by Crippen LogP contribution is 2.30. The fraction of sp³-hybridized carbons (Fsp3) is 0.250. The summed E-state index contributed by atoms with van der Waals surface area (Å²) >= 11 is 1.51. The van der Waals surface area contributed by atoms with Gasteiger partial charge in [0.25, 0.3) is 0 Å². The second-order valence-corrected chi connectivity index (χ2v) is 7.00. The number of para-hydroxylation sites is 1. The lowest BCUT2D eigenvalue weighted by molar-refractivity contribution is -0.120. The highest BCUT2D eigenvalue weighted by Gasteiger charge is 2.20. The molecule has 25 heavy (non-hydrogen) atoms. The van der Waals surface area contributed by atoms with Gasteiger partial charge in [0.05, 0.1) is 10.8 Å². The van der Waals surface area contributed by atoms with E-state index < -0.39 is 0 Å². The molecule has 5 heteroatoms. The van der Waals surface area contributed by atoms with Crippen LogP contribution in [0.1, 0.15) is 24.7 Å². The van der Waals surface area contributed by atoms with Crippen molar-refractivity contribution in [2.75, 3.05) is 0 Å². The van der Waals surface area contributed by atoms with Crippen LogP contribution in [0.25, 0.3) is 10.9 Å². The Morgan fingerprint density at radius 3 is 2.56 bits per heavy atom. The van der Waals surface area contributed by atoms with Crippen LogP contribution in [0.3, 0.4) is 0 Å². The minimum absolute atomic E-state index is 0.0386. The lowest BCUT2D eigenvalue weighted by atomic mass is 10.2. The maximum Gasteiger partial charge on any atom is 0.233 e. The summed E-state index contributed by atoms with van der Waals surface area (Å²) in [6.45, 7) is 4.45. The maximum absolute atomic E-state index is 12.6. The molecule has 0 fully saturated rings. The first kappa shape index (κ1) is 17.4. The molecular weight excluding hydrogens is 330 g/mol. The summed E-state index contributed by atoms with van der Waals surface area (Å²) in [5.74, 6) is 0.762. The van der Waals surface area contributed by atoms with Crippen molar-refractivity contribution in [3.63, 3.8) is 0 Å². The molecule has 1 N–H and O–H groups in total. The number of fused-ring (bicyclic) bond motifs is 1. The van der Waals surface area contributed by atoms with Crippen molar-refractivity contribution < 1.29 is 4.79 Å². The highest BCUT2D eigenvalue weighted by atomic mass is 32.2. The molecule has 1 unspecified atom stereocenters. The molecule has 1 aromatic heterocycles. The van der Waals surface area contributed by atoms with Gasteiger partial charge in [0.2, 0.25) is 5.91 Å². The molecule has 1 amide bonds. The van der Waals surface area contributed by atoms with E-state index in [4.69, 9.17) is 0 Å². The number of thioether (sulfide) groups is 1. The number of aromatic nitrogens is 2. The van der Waals surface area contributed by atoms with E-state index in [1.165, 1.54) is 11.8 Å². The van der Waals surface area contributed by atoms with E-state index in [-0.39, 0.29) is 11.2 Å². The van der Waals surface area contributed by atoms with Gasteiger partial charge >= 0.3 is 0 Å². The van der Waals surface area contributed by atoms with E-state index in [9.17, 15) is 4.79 Å². The molecule has 0 aliphatic heterocycles. The van der Waals surface area contributed by atoms with Gasteiger partial charge in [-0.1, -0.05) is 67.2 Å². The van der Waals surface area contributed by atoms with Crippen LogP contribution in [0, 0.1) is 6.92 Å². The fourth-order valence-electron chi connectivity index (χ4n) is 2.60. The predicted octanol–water partition coefficient (Wildman–Crippen LogP) is 4.13. The van der Waals surface area contributed by atoms with Crippen molar-refractivity contribution in [3.05, 3.63) is 66.0 Å². The molecule has 0 saturated carbocycles. The molecule has 0 aliphatic carbocycles. The van der Waals surface area contributed by atoms with Gasteiger partial charge in [-0.25, -0.2) is 9.97 Å². The zero-order valence-electron chi connectivity index (χ0n) is 14.4. The van der Waals surface area contributed by atoms with Gasteiger partial charge in [-0.05, 0) is 25.0 Å². The summed E-state index contributed by atoms with van der Waals surface area (Å²) in [6.07, 6.45) is 0.739. The van der Waals surface area contributed by atoms with Crippen molar-refractivity contribution in [2.45, 2.75) is 37.1 Å². The molecule has 3 aromatic rings. The Hall–Kier alpha value is -2.40. The van der Waals surface area contributed by atoms with Gasteiger partial charge in [0.15, 0.2) is 0 Å². The molecule has 0 aliphatic rings. The van der Waals surface area contributed by atoms with E-state index >= 15 is 0 Å². The average Bonchev–Trinajstić information content (AvgIpc) is 2.64. The minimum atomic E-state index is -0.179. The summed E-state index contributed by atoms with van der Waals surface area (Å²) in [7, 11) is 0. The first-order valence-corrected chi connectivity index (χ1v) is 9.27. The number of amides is 1. The predicted molar refractivity (Wildman–Crippen MR) is 102 cm³/mol. The number of carbonyl (C=O) groups is 1. The number of aryl methyl sites for hydroxylation is 1. The zero-order valence-corrected chi connectivity index (χ0v) is 15.2. The van der Waals surface area contributed by atoms with E-state index in [0.29, 0.717) is 6.54 Å². The van der Waals surface area contributed by atoms with E-state index in [0.717, 1.165) is 33.7 Å². The van der Waals surface area contributed by atoms with Crippen molar-refractivity contribution in [3.8, 4) is 0 Å². The Morgan fingerprint density at radius 2 is 1.80 bits per heavy atom. The van der Waals surface area contributed by atoms with Crippen LogP contribution in [-0.4, -0.2) is 21.1 Å². The smallest absolute Gasteiger partial charge is 0.233 e. The minimum Gasteiger partial charge on any atom is -0.351 e. The third-order valence-corrected chi connectivity index (χ3v) is 5.27. The number of benzene rings is 2. The van der Waals surface area contributed by atoms with Crippen molar-refractivity contribution in [1.82, 2.24) is 15.3 Å². The zero-order chi connectivity index (χ0) is 17.6. The Labute approximate surface area is 152 Å². The van der Waals surface area contributed by atoms with Gasteiger partial charge in [0.1, 0.15) is 10.9 Å². The van der Waals surface area contributed by atoms with E-state index in [2.05, 4.69) is 15.3 Å². The lowest BCUT2D eigenvalue weighted by Crippen LogP contribution is -2.32. The molecule has 0 radical (unpaired) electrons. The van der Waals surface area contributed by atoms with Crippen molar-refractivity contribution in [2.24, 2.45) is 0 Å². The van der Waals surface area contributed by atoms with Gasteiger partial charge in [-0.15, -0.1) is 0 Å². The standard InChI is InChI=1S/C20H21N3OS/c1-3-18(19(24)21-13-15-9-5-4-6-10-15)25-20-16-11-7-8-12-17(16)22-14(2)23-20/h4-12,18H,3,13H2,1-2H3,(H,21,24). The summed E-state index contributed by atoms with van der Waals surface area (Å²) in [5, 5.41) is 4.71. The Morgan fingerprint density at radius 1 is 1.08 bits per heavy atom. The third-order valence-electron chi connectivity index (χ3n) is 3.91. The third kappa shape index (κ3) is 4.37. The Bertz CT molecular complexity index is 867. The SMILES string of the molecule is CCC(Sc1nc(C)nc2ccccc12)C(=O)NCc1ccccc1. The molecule has 1 atom stereocenters. The van der Waals surface area contributed by atoms with Gasteiger partial charge in [0, 0.05) is 11.9 Å². The topological polar surface area (TPSA) is 54.9 Å². The van der Waals surface area contributed by atoms with Crippen LogP contribution >= 0.6 is 11.8 Å². The van der Waals surface area contributed by atoms with Gasteiger partial charge in [-0.3, -0.25) is 4.79 Å². The molecular formula is C20H21N3OS. The van der Waals surface area contributed by atoms with Crippen LogP contribution in [0.15, 0.2) is 59.6 Å². The van der Waals surface area contributed by atoms with E-state index in [1.807, 2.05) is 68.4 Å². The monoisotopic (exact) mass is 351 g/mol. The molecule has 3 rings (SSSR count). The lowest BCUT2D eigenvalue weighted by Gasteiger charge is -2.15. The molecule has 128 valence electrons. The maximum atomic E-state index is 12.6. The molecule has 4 nitrogen and oxygen atoms in total. The van der Waals surface area contributed by atoms with Crippen LogP contribution < -0.4 is 5.32 Å². The van der Waals surface area contributed by atoms with Crippen LogP contribution in [0.5, 0.6) is 0 Å². The van der Waals surface area contributed by atoms with Crippen molar-refractivity contribution >= 4 is 28.6 Å². The van der Waals surface area contributed by atoms with Crippen LogP contribution in [-0.2, 0) is 11.3 Å². The Balaban J connectivity index is 1.75. The average molecular weight is 351 g/mol. The van der Waals surface area contributed by atoms with Crippen molar-refractivity contribution in [1.29, 1.82) is 0 Å². The quantitative estimate of drug-likeness (QED) is 0.536. The largest absolute Gasteiger partial charge is 0.351 e. The summed E-state index contributed by atoms with van der Waals surface area (Å²) in [4.78, 5) is 21.6. The normalized spacial score (nSPS) is 12.1. The number of hydrogen-bond donors (Lipinski definition) is 1. The molecule has 1 heterocycles. The van der Waals surface area contributed by atoms with Gasteiger partial charge in [-0.2, -0.15) is 0 Å². The number of hydrogen-bond acceptors (Lipinski definition) is 4. The number of nitrogens with zero attached hydrogens (tertiary/aromatic N) is 2. The van der Waals surface area contributed by atoms with Crippen LogP contribution in [0.4, 0.5) is 0 Å². The Kier molecular flexibility index (Phi) is 5.66.